The summed E-state index contributed by atoms with van der Waals surface area (Å²) in [5, 5.41) is 0. The maximum atomic E-state index is 14.2. The van der Waals surface area contributed by atoms with E-state index < -0.39 is 24.2 Å². The third-order valence-corrected chi connectivity index (χ3v) is 6.05. The van der Waals surface area contributed by atoms with Crippen LogP contribution in [-0.4, -0.2) is 24.3 Å². The first kappa shape index (κ1) is 35.0. The molecule has 2 unspecified atom stereocenters. The van der Waals surface area contributed by atoms with Crippen molar-refractivity contribution in [2.24, 2.45) is 10.9 Å². The Hall–Kier alpha value is -3.03. The third-order valence-electron chi connectivity index (χ3n) is 6.05. The van der Waals surface area contributed by atoms with Crippen LogP contribution in [-0.2, 0) is 4.74 Å². The predicted molar refractivity (Wildman–Crippen MR) is 152 cm³/mol. The van der Waals surface area contributed by atoms with Gasteiger partial charge in [-0.15, -0.1) is 0 Å². The topological polar surface area (TPSA) is 21.6 Å². The molecule has 0 saturated carbocycles. The van der Waals surface area contributed by atoms with E-state index in [0.717, 1.165) is 17.6 Å². The fraction of sp³-hybridized carbons (Fsp3) is 0.469. The van der Waals surface area contributed by atoms with Gasteiger partial charge in [0.25, 0.3) is 0 Å². The Kier molecular flexibility index (Phi) is 15.4. The number of nitrogens with zero attached hydrogens (tertiary/aromatic N) is 1. The van der Waals surface area contributed by atoms with Gasteiger partial charge >= 0.3 is 12.5 Å². The van der Waals surface area contributed by atoms with E-state index in [1.807, 2.05) is 58.9 Å². The minimum atomic E-state index is -4.57. The Bertz CT molecular complexity index is 1090. The second-order valence-electron chi connectivity index (χ2n) is 8.70. The van der Waals surface area contributed by atoms with Gasteiger partial charge in [0.2, 0.25) is 0 Å². The van der Waals surface area contributed by atoms with E-state index in [9.17, 15) is 26.3 Å². The van der Waals surface area contributed by atoms with Crippen molar-refractivity contribution in [3.05, 3.63) is 94.8 Å². The zero-order valence-electron chi connectivity index (χ0n) is 24.2. The lowest BCUT2D eigenvalue weighted by molar-refractivity contribution is -0.279. The van der Waals surface area contributed by atoms with Crippen molar-refractivity contribution in [3.63, 3.8) is 0 Å². The molecule has 2 atom stereocenters. The molecular weight excluding hydrogens is 528 g/mol. The second kappa shape index (κ2) is 17.6. The molecule has 1 aliphatic carbocycles. The van der Waals surface area contributed by atoms with Gasteiger partial charge in [0, 0.05) is 5.71 Å². The van der Waals surface area contributed by atoms with Gasteiger partial charge in [-0.1, -0.05) is 83.6 Å². The maximum Gasteiger partial charge on any atom is 0.461 e. The van der Waals surface area contributed by atoms with Gasteiger partial charge in [-0.3, -0.25) is 4.99 Å². The van der Waals surface area contributed by atoms with Crippen LogP contribution in [0.3, 0.4) is 0 Å². The number of rotatable bonds is 9. The van der Waals surface area contributed by atoms with Crippen LogP contribution in [0.2, 0.25) is 0 Å². The number of halogens is 6. The highest BCUT2D eigenvalue weighted by Crippen LogP contribution is 2.30. The van der Waals surface area contributed by atoms with E-state index in [-0.39, 0.29) is 23.3 Å². The summed E-state index contributed by atoms with van der Waals surface area (Å²) >= 11 is 0. The number of alkyl halides is 4. The highest BCUT2D eigenvalue weighted by molar-refractivity contribution is 6.02. The quantitative estimate of drug-likeness (QED) is 0.165. The Labute approximate surface area is 234 Å². The van der Waals surface area contributed by atoms with Crippen LogP contribution >= 0.6 is 0 Å². The molecule has 0 N–H and O–H groups in total. The molecule has 2 nitrogen and oxygen atoms in total. The first-order chi connectivity index (χ1) is 19.1. The number of allylic oxidation sites excluding steroid dienone is 7. The lowest BCUT2D eigenvalue weighted by Gasteiger charge is -2.18. The lowest BCUT2D eigenvalue weighted by atomic mass is 9.92. The molecule has 0 amide bonds. The van der Waals surface area contributed by atoms with Gasteiger partial charge in [0.1, 0.15) is 17.4 Å². The van der Waals surface area contributed by atoms with Crippen molar-refractivity contribution in [2.75, 3.05) is 0 Å². The van der Waals surface area contributed by atoms with Crippen LogP contribution < -0.4 is 0 Å². The van der Waals surface area contributed by atoms with Crippen LogP contribution in [0.25, 0.3) is 0 Å². The number of hydrogen-bond donors (Lipinski definition) is 0. The van der Waals surface area contributed by atoms with Crippen LogP contribution in [0.15, 0.2) is 82.6 Å². The molecule has 8 heteroatoms. The fourth-order valence-corrected chi connectivity index (χ4v) is 4.12. The number of aliphatic imine (C=N–C) groups is 1. The predicted octanol–water partition coefficient (Wildman–Crippen LogP) is 10.5. The molecule has 2 aliphatic rings. The zero-order chi connectivity index (χ0) is 30.3. The van der Waals surface area contributed by atoms with Crippen molar-refractivity contribution in [1.29, 1.82) is 0 Å². The van der Waals surface area contributed by atoms with Gasteiger partial charge < -0.3 is 4.74 Å². The molecule has 40 heavy (non-hydrogen) atoms. The molecule has 1 aromatic rings. The van der Waals surface area contributed by atoms with Gasteiger partial charge in [-0.2, -0.15) is 17.6 Å². The van der Waals surface area contributed by atoms with E-state index in [0.29, 0.717) is 31.4 Å². The van der Waals surface area contributed by atoms with Crippen LogP contribution in [0.5, 0.6) is 0 Å². The van der Waals surface area contributed by atoms with Crippen molar-refractivity contribution < 1.29 is 31.1 Å². The van der Waals surface area contributed by atoms with Gasteiger partial charge in [-0.05, 0) is 67.9 Å². The molecule has 0 bridgehead atoms. The number of benzene rings is 1. The Balaban J connectivity index is 0.00000191. The summed E-state index contributed by atoms with van der Waals surface area (Å²) in [6.45, 7) is 11.6. The van der Waals surface area contributed by atoms with Crippen molar-refractivity contribution in [1.82, 2.24) is 0 Å². The van der Waals surface area contributed by atoms with E-state index in [2.05, 4.69) is 9.73 Å². The molecule has 0 spiro atoms. The average Bonchev–Trinajstić information content (AvgIpc) is 3.39. The van der Waals surface area contributed by atoms with Crippen LogP contribution in [0, 0.1) is 17.6 Å². The number of ether oxygens (including phenoxy) is 1. The second-order valence-corrected chi connectivity index (χ2v) is 8.70. The largest absolute Gasteiger partial charge is 0.461 e. The van der Waals surface area contributed by atoms with E-state index >= 15 is 0 Å². The normalized spacial score (nSPS) is 21.9. The van der Waals surface area contributed by atoms with Crippen LogP contribution in [0.1, 0.15) is 79.2 Å². The molecule has 222 valence electrons. The van der Waals surface area contributed by atoms with E-state index in [4.69, 9.17) is 0 Å². The summed E-state index contributed by atoms with van der Waals surface area (Å²) in [5.74, 6) is -1.75. The monoisotopic (exact) mass is 569 g/mol. The first-order valence-electron chi connectivity index (χ1n) is 13.9. The highest BCUT2D eigenvalue weighted by Gasteiger charge is 2.44. The third kappa shape index (κ3) is 10.2. The average molecular weight is 570 g/mol. The Morgan fingerprint density at radius 2 is 1.73 bits per heavy atom. The molecule has 3 rings (SSSR count). The zero-order valence-corrected chi connectivity index (χ0v) is 24.2. The maximum absolute atomic E-state index is 14.2. The van der Waals surface area contributed by atoms with Crippen LogP contribution in [0.4, 0.5) is 26.3 Å². The summed E-state index contributed by atoms with van der Waals surface area (Å²) in [4.78, 5) is 4.59. The Morgan fingerprint density at radius 3 is 2.33 bits per heavy atom. The first-order valence-corrected chi connectivity index (χ1v) is 13.9. The standard InChI is InChI=1S/C28H29F6NO.2C2H6/c1-3-7-21(36-28(33,34)27(31)32)15-12-18(2)19-8-4-5-9-20(14-13-19)24-16-17-25(35-24)26-22(29)10-6-11-23(26)30;2*1-2/h5-7,9-15,18,24,27H,3-4,8,16-17H2,1-2H3;2*1-2H3/b9-5-,15-12-,19-13+,20-14+,21-7+;;. The fourth-order valence-electron chi connectivity index (χ4n) is 4.12. The smallest absolute Gasteiger partial charge is 0.429 e. The van der Waals surface area contributed by atoms with Gasteiger partial charge in [0.15, 0.2) is 0 Å². The number of hydrogen-bond acceptors (Lipinski definition) is 2. The van der Waals surface area contributed by atoms with Crippen molar-refractivity contribution in [3.8, 4) is 0 Å². The highest BCUT2D eigenvalue weighted by atomic mass is 19.3. The minimum Gasteiger partial charge on any atom is -0.429 e. The SMILES string of the molecule is CC.CC.CC/C=C(\C=C/C(C)/C1=C/C=C(C2CCC(c3c(F)cccc3F)=N2)\C=C/CC1)OC(F)(F)C(F)F. The van der Waals surface area contributed by atoms with Crippen molar-refractivity contribution >= 4 is 5.71 Å². The summed E-state index contributed by atoms with van der Waals surface area (Å²) in [5.41, 5.74) is 2.23. The molecule has 1 aromatic carbocycles. The molecule has 1 heterocycles. The Morgan fingerprint density at radius 1 is 1.07 bits per heavy atom. The van der Waals surface area contributed by atoms with E-state index in [1.165, 1.54) is 30.4 Å². The molecule has 0 radical (unpaired) electrons. The molecule has 0 aromatic heterocycles. The summed E-state index contributed by atoms with van der Waals surface area (Å²) in [7, 11) is 0. The molecule has 1 aliphatic heterocycles. The molecule has 0 saturated heterocycles. The van der Waals surface area contributed by atoms with Crippen molar-refractivity contribution in [2.45, 2.75) is 92.2 Å². The summed E-state index contributed by atoms with van der Waals surface area (Å²) < 4.78 is 84.3. The summed E-state index contributed by atoms with van der Waals surface area (Å²) in [6, 6.07) is 3.52. The lowest BCUT2D eigenvalue weighted by Crippen LogP contribution is -2.29. The molecular formula is C32H41F6NO. The van der Waals surface area contributed by atoms with Gasteiger partial charge in [0.05, 0.1) is 11.6 Å². The van der Waals surface area contributed by atoms with E-state index in [1.54, 1.807) is 13.0 Å². The molecule has 0 fully saturated rings. The van der Waals surface area contributed by atoms with Gasteiger partial charge in [-0.25, -0.2) is 8.78 Å². The summed E-state index contributed by atoms with van der Waals surface area (Å²) in [6.07, 6.45) is 6.43. The minimum absolute atomic E-state index is 0.0824.